The van der Waals surface area contributed by atoms with Crippen molar-refractivity contribution in [2.45, 2.75) is 30.6 Å². The van der Waals surface area contributed by atoms with Crippen LogP contribution in [0, 0.1) is 13.8 Å². The second-order valence-electron chi connectivity index (χ2n) is 4.68. The smallest absolute Gasteiger partial charge is 0.161 e. The highest BCUT2D eigenvalue weighted by Crippen LogP contribution is 2.32. The van der Waals surface area contributed by atoms with Gasteiger partial charge in [0.1, 0.15) is 0 Å². The summed E-state index contributed by atoms with van der Waals surface area (Å²) in [6.07, 6.45) is 0. The molecule has 2 aromatic rings. The quantitative estimate of drug-likeness (QED) is 0.670. The van der Waals surface area contributed by atoms with Gasteiger partial charge in [-0.05, 0) is 56.2 Å². The summed E-state index contributed by atoms with van der Waals surface area (Å²) in [4.78, 5) is 13.6. The highest BCUT2D eigenvalue weighted by Gasteiger charge is 2.07. The van der Waals surface area contributed by atoms with Gasteiger partial charge < -0.3 is 5.73 Å². The first kappa shape index (κ1) is 13.7. The third-order valence-corrected chi connectivity index (χ3v) is 4.12. The average molecular weight is 271 g/mol. The monoisotopic (exact) mass is 271 g/mol. The summed E-state index contributed by atoms with van der Waals surface area (Å²) in [5, 5.41) is 0. The molecule has 0 atom stereocenters. The van der Waals surface area contributed by atoms with E-state index in [-0.39, 0.29) is 5.78 Å². The summed E-state index contributed by atoms with van der Waals surface area (Å²) in [6, 6.07) is 12.0. The van der Waals surface area contributed by atoms with E-state index < -0.39 is 0 Å². The number of carbonyl (C=O) groups excluding carboxylic acids is 1. The zero-order valence-electron chi connectivity index (χ0n) is 11.4. The minimum atomic E-state index is 0.000728. The van der Waals surface area contributed by atoms with Crippen molar-refractivity contribution in [1.29, 1.82) is 0 Å². The summed E-state index contributed by atoms with van der Waals surface area (Å²) < 4.78 is 0. The normalized spacial score (nSPS) is 10.5. The molecular weight excluding hydrogens is 254 g/mol. The molecule has 0 bridgehead atoms. The van der Waals surface area contributed by atoms with E-state index in [0.29, 0.717) is 11.3 Å². The van der Waals surface area contributed by atoms with Gasteiger partial charge in [0.25, 0.3) is 0 Å². The maximum Gasteiger partial charge on any atom is 0.161 e. The molecule has 2 nitrogen and oxygen atoms in total. The highest BCUT2D eigenvalue weighted by molar-refractivity contribution is 7.99. The molecule has 0 aromatic heterocycles. The molecule has 0 unspecified atom stereocenters. The van der Waals surface area contributed by atoms with E-state index in [1.54, 1.807) is 17.8 Å². The van der Waals surface area contributed by atoms with Crippen LogP contribution in [0.4, 0.5) is 5.69 Å². The summed E-state index contributed by atoms with van der Waals surface area (Å²) in [7, 11) is 0. The van der Waals surface area contributed by atoms with Crippen molar-refractivity contribution in [3.63, 3.8) is 0 Å². The molecule has 0 heterocycles. The molecule has 0 saturated carbocycles. The van der Waals surface area contributed by atoms with E-state index in [1.807, 2.05) is 12.1 Å². The minimum Gasteiger partial charge on any atom is -0.398 e. The first-order valence-corrected chi connectivity index (χ1v) is 6.94. The van der Waals surface area contributed by atoms with Crippen LogP contribution in [-0.4, -0.2) is 5.78 Å². The second kappa shape index (κ2) is 5.49. The lowest BCUT2D eigenvalue weighted by molar-refractivity contribution is 0.101. The molecule has 2 rings (SSSR count). The van der Waals surface area contributed by atoms with E-state index in [9.17, 15) is 4.79 Å². The fourth-order valence-corrected chi connectivity index (χ4v) is 2.92. The van der Waals surface area contributed by atoms with Gasteiger partial charge in [-0.2, -0.15) is 0 Å². The largest absolute Gasteiger partial charge is 0.398 e. The van der Waals surface area contributed by atoms with Crippen LogP contribution >= 0.6 is 11.8 Å². The number of nitrogens with two attached hydrogens (primary N) is 1. The maximum atomic E-state index is 11.3. The standard InChI is InChI=1S/C16H17NOS/c1-10-4-5-11(2)16(8-10)19-13-6-7-14(12(3)18)15(17)9-13/h4-9H,17H2,1-3H3. The van der Waals surface area contributed by atoms with Crippen LogP contribution < -0.4 is 5.73 Å². The van der Waals surface area contributed by atoms with Gasteiger partial charge in [0, 0.05) is 21.0 Å². The Hall–Kier alpha value is -1.74. The number of Topliss-reactive ketones (excluding diaryl/α,β-unsaturated/α-hetero) is 1. The number of rotatable bonds is 3. The summed E-state index contributed by atoms with van der Waals surface area (Å²) >= 11 is 1.67. The van der Waals surface area contributed by atoms with Gasteiger partial charge >= 0.3 is 0 Å². The number of hydrogen-bond donors (Lipinski definition) is 1. The predicted molar refractivity (Wildman–Crippen MR) is 80.9 cm³/mol. The van der Waals surface area contributed by atoms with Crippen molar-refractivity contribution < 1.29 is 4.79 Å². The van der Waals surface area contributed by atoms with Crippen molar-refractivity contribution >= 4 is 23.2 Å². The number of hydrogen-bond acceptors (Lipinski definition) is 3. The zero-order valence-corrected chi connectivity index (χ0v) is 12.2. The number of aryl methyl sites for hydroxylation is 2. The molecule has 0 amide bonds. The first-order chi connectivity index (χ1) is 8.97. The molecule has 0 saturated heterocycles. The molecule has 2 aromatic carbocycles. The van der Waals surface area contributed by atoms with Gasteiger partial charge in [-0.1, -0.05) is 23.9 Å². The molecule has 0 spiro atoms. The molecule has 19 heavy (non-hydrogen) atoms. The SMILES string of the molecule is CC(=O)c1ccc(Sc2cc(C)ccc2C)cc1N. The summed E-state index contributed by atoms with van der Waals surface area (Å²) in [6.45, 7) is 5.70. The van der Waals surface area contributed by atoms with E-state index >= 15 is 0 Å². The van der Waals surface area contributed by atoms with Crippen LogP contribution in [0.3, 0.4) is 0 Å². The third-order valence-electron chi connectivity index (χ3n) is 2.97. The molecular formula is C16H17NOS. The Bertz CT molecular complexity index is 635. The fraction of sp³-hybridized carbons (Fsp3) is 0.188. The van der Waals surface area contributed by atoms with Crippen molar-refractivity contribution in [1.82, 2.24) is 0 Å². The van der Waals surface area contributed by atoms with Crippen molar-refractivity contribution in [3.8, 4) is 0 Å². The summed E-state index contributed by atoms with van der Waals surface area (Å²) in [5.74, 6) is 0.000728. The Kier molecular flexibility index (Phi) is 3.96. The molecule has 98 valence electrons. The van der Waals surface area contributed by atoms with Crippen LogP contribution in [0.2, 0.25) is 0 Å². The van der Waals surface area contributed by atoms with Gasteiger partial charge in [0.15, 0.2) is 5.78 Å². The van der Waals surface area contributed by atoms with E-state index in [1.165, 1.54) is 22.9 Å². The Labute approximate surface area is 118 Å². The van der Waals surface area contributed by atoms with E-state index in [0.717, 1.165) is 4.90 Å². The molecule has 0 radical (unpaired) electrons. The van der Waals surface area contributed by atoms with Crippen molar-refractivity contribution in [3.05, 3.63) is 53.1 Å². The zero-order chi connectivity index (χ0) is 14.0. The van der Waals surface area contributed by atoms with Crippen LogP contribution in [0.1, 0.15) is 28.4 Å². The number of benzene rings is 2. The molecule has 2 N–H and O–H groups in total. The van der Waals surface area contributed by atoms with Crippen molar-refractivity contribution in [2.24, 2.45) is 0 Å². The van der Waals surface area contributed by atoms with E-state index in [4.69, 9.17) is 5.73 Å². The number of ketones is 1. The lowest BCUT2D eigenvalue weighted by Gasteiger charge is -2.09. The lowest BCUT2D eigenvalue weighted by Crippen LogP contribution is -1.99. The Balaban J connectivity index is 2.31. The molecule has 0 aliphatic heterocycles. The number of carbonyl (C=O) groups is 1. The maximum absolute atomic E-state index is 11.3. The van der Waals surface area contributed by atoms with E-state index in [2.05, 4.69) is 32.0 Å². The summed E-state index contributed by atoms with van der Waals surface area (Å²) in [5.41, 5.74) is 9.52. The van der Waals surface area contributed by atoms with Gasteiger partial charge in [0.05, 0.1) is 0 Å². The fourth-order valence-electron chi connectivity index (χ4n) is 1.87. The predicted octanol–water partition coefficient (Wildman–Crippen LogP) is 4.24. The molecule has 0 aliphatic rings. The van der Waals surface area contributed by atoms with Crippen LogP contribution in [0.25, 0.3) is 0 Å². The van der Waals surface area contributed by atoms with Crippen LogP contribution in [-0.2, 0) is 0 Å². The Morgan fingerprint density at radius 1 is 1.11 bits per heavy atom. The van der Waals surface area contributed by atoms with Crippen LogP contribution in [0.15, 0.2) is 46.2 Å². The Morgan fingerprint density at radius 3 is 2.47 bits per heavy atom. The van der Waals surface area contributed by atoms with Gasteiger partial charge in [-0.3, -0.25) is 4.79 Å². The molecule has 3 heteroatoms. The lowest BCUT2D eigenvalue weighted by atomic mass is 10.1. The molecule has 0 fully saturated rings. The first-order valence-electron chi connectivity index (χ1n) is 6.13. The van der Waals surface area contributed by atoms with Gasteiger partial charge in [0.2, 0.25) is 0 Å². The topological polar surface area (TPSA) is 43.1 Å². The van der Waals surface area contributed by atoms with Crippen LogP contribution in [0.5, 0.6) is 0 Å². The average Bonchev–Trinajstić information content (AvgIpc) is 2.33. The number of nitrogen functional groups attached to an aromatic ring is 1. The highest BCUT2D eigenvalue weighted by atomic mass is 32.2. The minimum absolute atomic E-state index is 0.000728. The van der Waals surface area contributed by atoms with Crippen molar-refractivity contribution in [2.75, 3.05) is 5.73 Å². The second-order valence-corrected chi connectivity index (χ2v) is 5.79. The van der Waals surface area contributed by atoms with Gasteiger partial charge in [-0.15, -0.1) is 0 Å². The molecule has 0 aliphatic carbocycles. The third kappa shape index (κ3) is 3.18. The van der Waals surface area contributed by atoms with Gasteiger partial charge in [-0.25, -0.2) is 0 Å². The Morgan fingerprint density at radius 2 is 1.84 bits per heavy atom. The number of anilines is 1.